The lowest BCUT2D eigenvalue weighted by Gasteiger charge is -2.32. The highest BCUT2D eigenvalue weighted by Crippen LogP contribution is 2.47. The van der Waals surface area contributed by atoms with Crippen LogP contribution < -0.4 is 0 Å². The van der Waals surface area contributed by atoms with Crippen molar-refractivity contribution in [3.63, 3.8) is 0 Å². The van der Waals surface area contributed by atoms with Crippen molar-refractivity contribution in [3.05, 3.63) is 34.9 Å². The van der Waals surface area contributed by atoms with Gasteiger partial charge in [-0.3, -0.25) is 0 Å². The minimum Gasteiger partial charge on any atom is -0.396 e. The van der Waals surface area contributed by atoms with Gasteiger partial charge >= 0.3 is 0 Å². The zero-order valence-electron chi connectivity index (χ0n) is 17.6. The van der Waals surface area contributed by atoms with Crippen molar-refractivity contribution >= 4 is 0 Å². The topological polar surface area (TPSA) is 20.2 Å². The van der Waals surface area contributed by atoms with Gasteiger partial charge in [-0.05, 0) is 73.5 Å². The number of rotatable bonds is 8. The van der Waals surface area contributed by atoms with Gasteiger partial charge in [0.2, 0.25) is 0 Å². The van der Waals surface area contributed by atoms with Gasteiger partial charge in [-0.25, -0.2) is 0 Å². The molecule has 2 aliphatic rings. The van der Waals surface area contributed by atoms with Crippen LogP contribution in [0.4, 0.5) is 0 Å². The van der Waals surface area contributed by atoms with E-state index in [4.69, 9.17) is 5.11 Å². The van der Waals surface area contributed by atoms with E-state index in [1.165, 1.54) is 76.2 Å². The minimum absolute atomic E-state index is 0.319. The van der Waals surface area contributed by atoms with E-state index in [1.54, 1.807) is 11.1 Å². The van der Waals surface area contributed by atoms with Gasteiger partial charge in [-0.15, -0.1) is 0 Å². The molecule has 1 fully saturated rings. The molecule has 1 N–H and O–H groups in total. The fourth-order valence-electron chi connectivity index (χ4n) is 5.14. The highest BCUT2D eigenvalue weighted by Gasteiger charge is 2.38. The van der Waals surface area contributed by atoms with E-state index in [2.05, 4.69) is 32.0 Å². The van der Waals surface area contributed by atoms with Crippen LogP contribution in [0.3, 0.4) is 0 Å². The molecule has 0 aliphatic heterocycles. The van der Waals surface area contributed by atoms with Gasteiger partial charge in [0.25, 0.3) is 0 Å². The summed E-state index contributed by atoms with van der Waals surface area (Å²) in [5.74, 6) is 3.04. The highest BCUT2D eigenvalue weighted by atomic mass is 16.2. The van der Waals surface area contributed by atoms with Crippen LogP contribution in [0.15, 0.2) is 18.2 Å². The molecule has 1 nitrogen and oxygen atoms in total. The van der Waals surface area contributed by atoms with E-state index in [9.17, 15) is 0 Å². The van der Waals surface area contributed by atoms with E-state index in [-0.39, 0.29) is 0 Å². The Bertz CT molecular complexity index is 505. The van der Waals surface area contributed by atoms with Gasteiger partial charge in [-0.2, -0.15) is 0 Å². The summed E-state index contributed by atoms with van der Waals surface area (Å²) in [6.45, 7) is 6.86. The number of aryl methyl sites for hydroxylation is 1. The molecule has 2 aliphatic carbocycles. The molecule has 0 heterocycles. The molecule has 1 aromatic carbocycles. The first-order chi connectivity index (χ1) is 12.7. The average molecular weight is 359 g/mol. The Balaban J connectivity index is 0.000000552. The molecule has 26 heavy (non-hydrogen) atoms. The molecule has 1 saturated carbocycles. The summed E-state index contributed by atoms with van der Waals surface area (Å²) >= 11 is 0. The molecule has 0 radical (unpaired) electrons. The quantitative estimate of drug-likeness (QED) is 0.502. The fraction of sp³-hybridized carbons (Fsp3) is 0.760. The number of benzene rings is 1. The van der Waals surface area contributed by atoms with Crippen LogP contribution in [0, 0.1) is 24.7 Å². The Labute approximate surface area is 162 Å². The average Bonchev–Trinajstić information content (AvgIpc) is 3.06. The highest BCUT2D eigenvalue weighted by molar-refractivity contribution is 5.37. The van der Waals surface area contributed by atoms with Crippen molar-refractivity contribution < 1.29 is 5.11 Å². The van der Waals surface area contributed by atoms with Crippen LogP contribution in [0.1, 0.15) is 94.7 Å². The number of aliphatic hydroxyl groups excluding tert-OH is 1. The van der Waals surface area contributed by atoms with Gasteiger partial charge in [0.1, 0.15) is 0 Å². The summed E-state index contributed by atoms with van der Waals surface area (Å²) in [5, 5.41) is 7.88. The summed E-state index contributed by atoms with van der Waals surface area (Å²) in [6.07, 6.45) is 16.8. The van der Waals surface area contributed by atoms with Gasteiger partial charge < -0.3 is 5.11 Å². The molecule has 3 atom stereocenters. The van der Waals surface area contributed by atoms with Gasteiger partial charge in [0, 0.05) is 6.61 Å². The van der Waals surface area contributed by atoms with Crippen molar-refractivity contribution in [1.82, 2.24) is 0 Å². The van der Waals surface area contributed by atoms with E-state index in [0.29, 0.717) is 6.61 Å². The smallest absolute Gasteiger partial charge is 0.0428 e. The molecule has 148 valence electrons. The second-order valence-corrected chi connectivity index (χ2v) is 8.66. The monoisotopic (exact) mass is 358 g/mol. The third-order valence-electron chi connectivity index (χ3n) is 6.70. The summed E-state index contributed by atoms with van der Waals surface area (Å²) in [6, 6.07) is 6.98. The molecule has 0 aromatic heterocycles. The van der Waals surface area contributed by atoms with E-state index >= 15 is 0 Å². The third kappa shape index (κ3) is 6.12. The molecule has 0 amide bonds. The number of hydrogen-bond acceptors (Lipinski definition) is 1. The number of unbranched alkanes of at least 4 members (excludes halogenated alkanes) is 5. The predicted molar refractivity (Wildman–Crippen MR) is 114 cm³/mol. The fourth-order valence-corrected chi connectivity index (χ4v) is 5.14. The van der Waals surface area contributed by atoms with Crippen molar-refractivity contribution in [3.8, 4) is 0 Å². The first-order valence-corrected chi connectivity index (χ1v) is 11.4. The molecular formula is C25H42O. The van der Waals surface area contributed by atoms with Crippen molar-refractivity contribution in [2.24, 2.45) is 17.8 Å². The first kappa shape index (κ1) is 21.5. The zero-order valence-corrected chi connectivity index (χ0v) is 17.6. The predicted octanol–water partition coefficient (Wildman–Crippen LogP) is 6.88. The third-order valence-corrected chi connectivity index (χ3v) is 6.70. The summed E-state index contributed by atoms with van der Waals surface area (Å²) in [4.78, 5) is 0. The van der Waals surface area contributed by atoms with Crippen LogP contribution in [-0.2, 0) is 12.8 Å². The second-order valence-electron chi connectivity index (χ2n) is 8.66. The molecule has 1 heteroatoms. The maximum atomic E-state index is 7.88. The molecule has 1 aromatic rings. The zero-order chi connectivity index (χ0) is 18.8. The Hall–Kier alpha value is -0.820. The Morgan fingerprint density at radius 1 is 0.923 bits per heavy atom. The van der Waals surface area contributed by atoms with E-state index in [1.807, 2.05) is 6.92 Å². The SMILES string of the molecule is CCCCCCCCC1CCC2Cc3c(C)cccc3CC12.CCCO. The minimum atomic E-state index is 0.319. The summed E-state index contributed by atoms with van der Waals surface area (Å²) in [5.41, 5.74) is 4.91. The van der Waals surface area contributed by atoms with Crippen LogP contribution >= 0.6 is 0 Å². The lowest BCUT2D eigenvalue weighted by molar-refractivity contribution is 0.273. The molecular weight excluding hydrogens is 316 g/mol. The number of aliphatic hydroxyl groups is 1. The maximum Gasteiger partial charge on any atom is 0.0428 e. The Morgan fingerprint density at radius 3 is 2.38 bits per heavy atom. The first-order valence-electron chi connectivity index (χ1n) is 11.4. The molecule has 0 saturated heterocycles. The Kier molecular flexibility index (Phi) is 9.75. The van der Waals surface area contributed by atoms with Gasteiger partial charge in [-0.1, -0.05) is 77.0 Å². The molecule has 3 rings (SSSR count). The maximum absolute atomic E-state index is 7.88. The van der Waals surface area contributed by atoms with Crippen LogP contribution in [0.5, 0.6) is 0 Å². The van der Waals surface area contributed by atoms with Crippen molar-refractivity contribution in [2.45, 2.75) is 97.8 Å². The lowest BCUT2D eigenvalue weighted by Crippen LogP contribution is -2.25. The van der Waals surface area contributed by atoms with Gasteiger partial charge in [0.15, 0.2) is 0 Å². The largest absolute Gasteiger partial charge is 0.396 e. The van der Waals surface area contributed by atoms with Crippen molar-refractivity contribution in [2.75, 3.05) is 6.61 Å². The van der Waals surface area contributed by atoms with Gasteiger partial charge in [0.05, 0.1) is 0 Å². The summed E-state index contributed by atoms with van der Waals surface area (Å²) in [7, 11) is 0. The van der Waals surface area contributed by atoms with Crippen LogP contribution in [0.25, 0.3) is 0 Å². The summed E-state index contributed by atoms with van der Waals surface area (Å²) < 4.78 is 0. The number of hydrogen-bond donors (Lipinski definition) is 1. The van der Waals surface area contributed by atoms with Crippen LogP contribution in [-0.4, -0.2) is 11.7 Å². The van der Waals surface area contributed by atoms with Crippen LogP contribution in [0.2, 0.25) is 0 Å². The lowest BCUT2D eigenvalue weighted by atomic mass is 9.73. The number of fused-ring (bicyclic) bond motifs is 2. The Morgan fingerprint density at radius 2 is 1.65 bits per heavy atom. The molecule has 0 spiro atoms. The molecule has 3 unspecified atom stereocenters. The van der Waals surface area contributed by atoms with Crippen molar-refractivity contribution in [1.29, 1.82) is 0 Å². The second kappa shape index (κ2) is 11.8. The standard InChI is InChI=1S/C22H34.C3H8O/c1-3-4-5-6-7-8-11-18-13-14-20-15-21-17(2)10-9-12-19(21)16-22(18)20;1-2-3-4/h9-10,12,18,20,22H,3-8,11,13-16H2,1-2H3;4H,2-3H2,1H3. The normalized spacial score (nSPS) is 23.8. The molecule has 0 bridgehead atoms. The van der Waals surface area contributed by atoms with E-state index in [0.717, 1.165) is 24.2 Å². The van der Waals surface area contributed by atoms with E-state index < -0.39 is 0 Å².